The van der Waals surface area contributed by atoms with Crippen molar-refractivity contribution >= 4 is 24.6 Å². The summed E-state index contributed by atoms with van der Waals surface area (Å²) in [5.74, 6) is -0.849. The molecule has 0 bridgehead atoms. The molecule has 0 aromatic heterocycles. The summed E-state index contributed by atoms with van der Waals surface area (Å²) in [5, 5.41) is 2.40. The standard InChI is InChI=1S/C19H23NO5/c1-19(2,3)25-18(23)20-16(17(22)24-14-21)13-9-5-8-12-15-10-6-4-7-11-15/h4-12,14,16H,13H2,1-3H3,(H,20,23)/t16-/m0/s1. The number of nitrogens with one attached hydrogen (secondary N) is 1. The van der Waals surface area contributed by atoms with Crippen LogP contribution in [0.25, 0.3) is 6.08 Å². The maximum absolute atomic E-state index is 11.8. The molecule has 1 aromatic carbocycles. The first-order valence-corrected chi connectivity index (χ1v) is 7.84. The minimum atomic E-state index is -1.01. The molecular weight excluding hydrogens is 322 g/mol. The predicted molar refractivity (Wildman–Crippen MR) is 94.5 cm³/mol. The average molecular weight is 345 g/mol. The van der Waals surface area contributed by atoms with E-state index in [2.05, 4.69) is 10.1 Å². The molecule has 1 N–H and O–H groups in total. The second kappa shape index (κ2) is 10.1. The van der Waals surface area contributed by atoms with Gasteiger partial charge in [0.1, 0.15) is 11.6 Å². The number of amides is 1. The highest BCUT2D eigenvalue weighted by atomic mass is 16.6. The van der Waals surface area contributed by atoms with E-state index in [-0.39, 0.29) is 12.9 Å². The highest BCUT2D eigenvalue weighted by molar-refractivity contribution is 5.85. The summed E-state index contributed by atoms with van der Waals surface area (Å²) in [6.07, 6.45) is 6.54. The molecule has 0 fully saturated rings. The molecule has 0 heterocycles. The van der Waals surface area contributed by atoms with E-state index in [0.29, 0.717) is 0 Å². The van der Waals surface area contributed by atoms with E-state index in [1.807, 2.05) is 42.5 Å². The third-order valence-electron chi connectivity index (χ3n) is 2.85. The van der Waals surface area contributed by atoms with Crippen LogP contribution in [0.1, 0.15) is 32.8 Å². The van der Waals surface area contributed by atoms with Gasteiger partial charge in [0.25, 0.3) is 0 Å². The third kappa shape index (κ3) is 9.10. The van der Waals surface area contributed by atoms with Crippen molar-refractivity contribution in [2.45, 2.75) is 38.8 Å². The fraction of sp³-hybridized carbons (Fsp3) is 0.316. The maximum Gasteiger partial charge on any atom is 0.408 e. The molecule has 0 spiro atoms. The first-order chi connectivity index (χ1) is 11.8. The first-order valence-electron chi connectivity index (χ1n) is 7.84. The van der Waals surface area contributed by atoms with Gasteiger partial charge in [-0.3, -0.25) is 4.79 Å². The molecule has 0 saturated carbocycles. The predicted octanol–water partition coefficient (Wildman–Crippen LogP) is 3.24. The van der Waals surface area contributed by atoms with Crippen LogP contribution in [-0.4, -0.2) is 30.2 Å². The number of rotatable bonds is 7. The molecule has 0 saturated heterocycles. The van der Waals surface area contributed by atoms with Crippen LogP contribution in [0.15, 0.2) is 48.6 Å². The van der Waals surface area contributed by atoms with Crippen LogP contribution in [-0.2, 0) is 19.1 Å². The maximum atomic E-state index is 11.8. The number of hydrogen-bond donors (Lipinski definition) is 1. The molecule has 0 aliphatic heterocycles. The molecule has 1 amide bonds. The molecule has 134 valence electrons. The van der Waals surface area contributed by atoms with Crippen molar-refractivity contribution in [1.29, 1.82) is 0 Å². The second-order valence-corrected chi connectivity index (χ2v) is 6.17. The quantitative estimate of drug-likeness (QED) is 0.355. The van der Waals surface area contributed by atoms with Crippen LogP contribution < -0.4 is 5.32 Å². The lowest BCUT2D eigenvalue weighted by Crippen LogP contribution is -2.43. The smallest absolute Gasteiger partial charge is 0.408 e. The van der Waals surface area contributed by atoms with Crippen molar-refractivity contribution in [1.82, 2.24) is 5.32 Å². The number of carbonyl (C=O) groups is 3. The fourth-order valence-electron chi connectivity index (χ4n) is 1.82. The van der Waals surface area contributed by atoms with Crippen molar-refractivity contribution < 1.29 is 23.9 Å². The Balaban J connectivity index is 2.62. The zero-order valence-electron chi connectivity index (χ0n) is 14.6. The van der Waals surface area contributed by atoms with E-state index in [0.717, 1.165) is 5.56 Å². The molecule has 0 aliphatic carbocycles. The van der Waals surface area contributed by atoms with E-state index < -0.39 is 23.7 Å². The van der Waals surface area contributed by atoms with Gasteiger partial charge in [-0.15, -0.1) is 0 Å². The van der Waals surface area contributed by atoms with Gasteiger partial charge < -0.3 is 14.8 Å². The Morgan fingerprint density at radius 1 is 1.16 bits per heavy atom. The number of benzene rings is 1. The summed E-state index contributed by atoms with van der Waals surface area (Å²) in [5.41, 5.74) is 0.341. The fourth-order valence-corrected chi connectivity index (χ4v) is 1.82. The Morgan fingerprint density at radius 3 is 2.44 bits per heavy atom. The summed E-state index contributed by atoms with van der Waals surface area (Å²) in [6, 6.07) is 8.69. The monoisotopic (exact) mass is 345 g/mol. The second-order valence-electron chi connectivity index (χ2n) is 6.17. The van der Waals surface area contributed by atoms with Crippen LogP contribution in [0.3, 0.4) is 0 Å². The largest absolute Gasteiger partial charge is 0.444 e. The topological polar surface area (TPSA) is 81.7 Å². The van der Waals surface area contributed by atoms with Gasteiger partial charge >= 0.3 is 18.5 Å². The highest BCUT2D eigenvalue weighted by Gasteiger charge is 2.24. The van der Waals surface area contributed by atoms with Crippen molar-refractivity contribution in [3.05, 3.63) is 54.1 Å². The Bertz CT molecular complexity index is 629. The van der Waals surface area contributed by atoms with E-state index in [1.165, 1.54) is 0 Å². The number of hydrogen-bond acceptors (Lipinski definition) is 5. The van der Waals surface area contributed by atoms with Crippen LogP contribution in [0.2, 0.25) is 0 Å². The normalized spacial score (nSPS) is 12.8. The molecular formula is C19H23NO5. The van der Waals surface area contributed by atoms with Crippen LogP contribution >= 0.6 is 0 Å². The summed E-state index contributed by atoms with van der Waals surface area (Å²) in [7, 11) is 0. The van der Waals surface area contributed by atoms with Crippen LogP contribution in [0.4, 0.5) is 4.79 Å². The molecule has 6 nitrogen and oxygen atoms in total. The Kier molecular flexibility index (Phi) is 8.12. The van der Waals surface area contributed by atoms with E-state index in [1.54, 1.807) is 32.9 Å². The van der Waals surface area contributed by atoms with Crippen LogP contribution in [0.5, 0.6) is 0 Å². The number of allylic oxidation sites excluding steroid dienone is 2. The zero-order valence-corrected chi connectivity index (χ0v) is 14.6. The van der Waals surface area contributed by atoms with Gasteiger partial charge in [-0.25, -0.2) is 9.59 Å². The van der Waals surface area contributed by atoms with E-state index >= 15 is 0 Å². The lowest BCUT2D eigenvalue weighted by Gasteiger charge is -2.21. The number of carbonyl (C=O) groups excluding carboxylic acids is 3. The number of esters is 1. The Hall–Kier alpha value is -2.89. The van der Waals surface area contributed by atoms with Crippen molar-refractivity contribution in [3.63, 3.8) is 0 Å². The molecule has 1 rings (SSSR count). The SMILES string of the molecule is CC(C)(C)OC(=O)N[C@@H](CC=CC=Cc1ccccc1)C(=O)OC=O. The minimum Gasteiger partial charge on any atom is -0.444 e. The molecule has 1 aromatic rings. The van der Waals surface area contributed by atoms with Crippen LogP contribution in [0, 0.1) is 0 Å². The third-order valence-corrected chi connectivity index (χ3v) is 2.85. The molecule has 6 heteroatoms. The molecule has 0 radical (unpaired) electrons. The van der Waals surface area contributed by atoms with Crippen molar-refractivity contribution in [3.8, 4) is 0 Å². The average Bonchev–Trinajstić information content (AvgIpc) is 2.53. The summed E-state index contributed by atoms with van der Waals surface area (Å²) >= 11 is 0. The van der Waals surface area contributed by atoms with Crippen molar-refractivity contribution in [2.75, 3.05) is 0 Å². The zero-order chi connectivity index (χ0) is 18.7. The highest BCUT2D eigenvalue weighted by Crippen LogP contribution is 2.08. The molecule has 0 unspecified atom stereocenters. The summed E-state index contributed by atoms with van der Waals surface area (Å²) in [4.78, 5) is 33.9. The van der Waals surface area contributed by atoms with Gasteiger partial charge in [0, 0.05) is 0 Å². The lowest BCUT2D eigenvalue weighted by atomic mass is 10.2. The number of alkyl carbamates (subject to hydrolysis) is 1. The molecule has 0 aliphatic rings. The lowest BCUT2D eigenvalue weighted by molar-refractivity contribution is -0.153. The van der Waals surface area contributed by atoms with Gasteiger partial charge in [0.15, 0.2) is 0 Å². The minimum absolute atomic E-state index is 0.0329. The van der Waals surface area contributed by atoms with E-state index in [4.69, 9.17) is 4.74 Å². The van der Waals surface area contributed by atoms with Crippen molar-refractivity contribution in [2.24, 2.45) is 0 Å². The molecule has 25 heavy (non-hydrogen) atoms. The van der Waals surface area contributed by atoms with Gasteiger partial charge in [0.05, 0.1) is 0 Å². The molecule has 1 atom stereocenters. The van der Waals surface area contributed by atoms with Gasteiger partial charge in [-0.2, -0.15) is 0 Å². The van der Waals surface area contributed by atoms with Gasteiger partial charge in [-0.05, 0) is 32.8 Å². The Morgan fingerprint density at radius 2 is 1.84 bits per heavy atom. The first kappa shape index (κ1) is 20.2. The van der Waals surface area contributed by atoms with Gasteiger partial charge in [-0.1, -0.05) is 54.6 Å². The summed E-state index contributed by atoms with van der Waals surface area (Å²) < 4.78 is 9.42. The number of ether oxygens (including phenoxy) is 2. The Labute approximate surface area is 147 Å². The van der Waals surface area contributed by atoms with E-state index in [9.17, 15) is 14.4 Å². The summed E-state index contributed by atoms with van der Waals surface area (Å²) in [6.45, 7) is 5.16. The van der Waals surface area contributed by atoms with Gasteiger partial charge in [0.2, 0.25) is 0 Å².